The molecule has 0 aromatic heterocycles. The molecule has 2 N–H and O–H groups in total. The van der Waals surface area contributed by atoms with Gasteiger partial charge in [-0.2, -0.15) is 0 Å². The number of methoxy groups -OCH3 is 1. The summed E-state index contributed by atoms with van der Waals surface area (Å²) in [6.45, 7) is 1.29. The van der Waals surface area contributed by atoms with E-state index in [9.17, 15) is 10.0 Å². The van der Waals surface area contributed by atoms with E-state index in [2.05, 4.69) is 0 Å². The summed E-state index contributed by atoms with van der Waals surface area (Å²) >= 11 is 0. The van der Waals surface area contributed by atoms with E-state index in [-0.39, 0.29) is 0 Å². The van der Waals surface area contributed by atoms with Crippen LogP contribution in [0.3, 0.4) is 0 Å². The molecule has 1 aromatic rings. The first-order valence-electron chi connectivity index (χ1n) is 5.81. The van der Waals surface area contributed by atoms with E-state index in [1.165, 1.54) is 20.0 Å². The summed E-state index contributed by atoms with van der Waals surface area (Å²) in [6, 6.07) is 5.30. The molecule has 2 rings (SSSR count). The fourth-order valence-electron chi connectivity index (χ4n) is 1.70. The first kappa shape index (κ1) is 12.4. The molecule has 0 bridgehead atoms. The molecule has 1 fully saturated rings. The molecule has 0 unspecified atom stereocenters. The zero-order valence-corrected chi connectivity index (χ0v) is 9.93. The molecule has 1 saturated carbocycles. The summed E-state index contributed by atoms with van der Waals surface area (Å²) in [4.78, 5) is 0. The van der Waals surface area contributed by atoms with Gasteiger partial charge in [-0.3, -0.25) is 0 Å². The van der Waals surface area contributed by atoms with Crippen molar-refractivity contribution in [2.75, 3.05) is 13.7 Å². The monoisotopic (exact) mass is 236 g/mol. The molecule has 4 nitrogen and oxygen atoms in total. The Labute approximate surface area is 101 Å². The Morgan fingerprint density at radius 2 is 2.12 bits per heavy atom. The Morgan fingerprint density at radius 1 is 1.35 bits per heavy atom. The molecule has 1 aromatic carbocycles. The van der Waals surface area contributed by atoms with Crippen LogP contribution in [0.4, 0.5) is 0 Å². The van der Waals surface area contributed by atoms with Crippen molar-refractivity contribution >= 4 is 12.6 Å². The van der Waals surface area contributed by atoms with Crippen molar-refractivity contribution < 1.29 is 19.5 Å². The van der Waals surface area contributed by atoms with Gasteiger partial charge in [-0.25, -0.2) is 0 Å². The second-order valence-corrected chi connectivity index (χ2v) is 4.41. The second-order valence-electron chi connectivity index (χ2n) is 4.41. The van der Waals surface area contributed by atoms with Gasteiger partial charge in [-0.05, 0) is 30.4 Å². The average molecular weight is 236 g/mol. The highest BCUT2D eigenvalue weighted by molar-refractivity contribution is 6.59. The van der Waals surface area contributed by atoms with Gasteiger partial charge in [-0.15, -0.1) is 0 Å². The molecule has 0 aliphatic heterocycles. The van der Waals surface area contributed by atoms with E-state index in [4.69, 9.17) is 9.47 Å². The van der Waals surface area contributed by atoms with Crippen LogP contribution in [-0.2, 0) is 11.3 Å². The minimum atomic E-state index is -1.52. The summed E-state index contributed by atoms with van der Waals surface area (Å²) in [5.74, 6) is 1.21. The van der Waals surface area contributed by atoms with E-state index in [0.717, 1.165) is 18.1 Å². The predicted octanol–water partition coefficient (Wildman–Crippen LogP) is 0.302. The summed E-state index contributed by atoms with van der Waals surface area (Å²) in [5.41, 5.74) is 1.30. The highest BCUT2D eigenvalue weighted by Crippen LogP contribution is 2.29. The third-order valence-electron chi connectivity index (χ3n) is 2.89. The van der Waals surface area contributed by atoms with Crippen LogP contribution in [0.25, 0.3) is 0 Å². The van der Waals surface area contributed by atoms with Gasteiger partial charge in [0.25, 0.3) is 0 Å². The average Bonchev–Trinajstić information content (AvgIpc) is 3.13. The van der Waals surface area contributed by atoms with Gasteiger partial charge < -0.3 is 19.5 Å². The van der Waals surface area contributed by atoms with Gasteiger partial charge >= 0.3 is 7.12 Å². The molecule has 0 saturated heterocycles. The molecule has 17 heavy (non-hydrogen) atoms. The Morgan fingerprint density at radius 3 is 2.71 bits per heavy atom. The first-order chi connectivity index (χ1) is 8.20. The molecule has 1 aliphatic rings. The van der Waals surface area contributed by atoms with Crippen LogP contribution in [0.1, 0.15) is 18.4 Å². The minimum absolute atomic E-state index is 0.375. The third kappa shape index (κ3) is 3.46. The lowest BCUT2D eigenvalue weighted by Gasteiger charge is -2.10. The standard InChI is InChI=1S/C12H17BO4/c1-16-12-5-4-10(6-11(12)13(14)15)8-17-7-9-2-3-9/h4-6,9,14-15H,2-3,7-8H2,1H3. The first-order valence-corrected chi connectivity index (χ1v) is 5.81. The van der Waals surface area contributed by atoms with Crippen molar-refractivity contribution in [1.29, 1.82) is 0 Å². The number of rotatable bonds is 6. The quantitative estimate of drug-likeness (QED) is 0.697. The van der Waals surface area contributed by atoms with Crippen molar-refractivity contribution in [3.63, 3.8) is 0 Å². The van der Waals surface area contributed by atoms with Gasteiger partial charge in [0.2, 0.25) is 0 Å². The zero-order chi connectivity index (χ0) is 12.3. The lowest BCUT2D eigenvalue weighted by atomic mass is 9.79. The summed E-state index contributed by atoms with van der Waals surface area (Å²) in [6.07, 6.45) is 2.53. The van der Waals surface area contributed by atoms with E-state index >= 15 is 0 Å². The summed E-state index contributed by atoms with van der Waals surface area (Å²) in [5, 5.41) is 18.4. The van der Waals surface area contributed by atoms with E-state index in [0.29, 0.717) is 17.8 Å². The molecule has 0 heterocycles. The van der Waals surface area contributed by atoms with E-state index < -0.39 is 7.12 Å². The normalized spacial score (nSPS) is 14.8. The molecule has 5 heteroatoms. The van der Waals surface area contributed by atoms with Crippen molar-refractivity contribution in [3.8, 4) is 5.75 Å². The van der Waals surface area contributed by atoms with Crippen LogP contribution in [0.2, 0.25) is 0 Å². The van der Waals surface area contributed by atoms with E-state index in [1.54, 1.807) is 12.1 Å². The van der Waals surface area contributed by atoms with Crippen molar-refractivity contribution in [2.24, 2.45) is 5.92 Å². The zero-order valence-electron chi connectivity index (χ0n) is 9.93. The number of benzene rings is 1. The number of ether oxygens (including phenoxy) is 2. The maximum absolute atomic E-state index is 9.22. The van der Waals surface area contributed by atoms with Crippen LogP contribution < -0.4 is 10.2 Å². The van der Waals surface area contributed by atoms with Crippen LogP contribution in [0, 0.1) is 5.92 Å². The van der Waals surface area contributed by atoms with Crippen LogP contribution >= 0.6 is 0 Å². The fraction of sp³-hybridized carbons (Fsp3) is 0.500. The van der Waals surface area contributed by atoms with Crippen molar-refractivity contribution in [1.82, 2.24) is 0 Å². The fourth-order valence-corrected chi connectivity index (χ4v) is 1.70. The highest BCUT2D eigenvalue weighted by atomic mass is 16.5. The third-order valence-corrected chi connectivity index (χ3v) is 2.89. The predicted molar refractivity (Wildman–Crippen MR) is 65.2 cm³/mol. The number of hydrogen-bond donors (Lipinski definition) is 2. The molecular weight excluding hydrogens is 219 g/mol. The van der Waals surface area contributed by atoms with Gasteiger partial charge in [0.15, 0.2) is 0 Å². The van der Waals surface area contributed by atoms with Crippen molar-refractivity contribution in [2.45, 2.75) is 19.4 Å². The molecular formula is C12H17BO4. The number of hydrogen-bond acceptors (Lipinski definition) is 4. The van der Waals surface area contributed by atoms with Crippen LogP contribution in [0.5, 0.6) is 5.75 Å². The maximum atomic E-state index is 9.22. The summed E-state index contributed by atoms with van der Waals surface area (Å²) in [7, 11) is -0.0156. The van der Waals surface area contributed by atoms with E-state index in [1.807, 2.05) is 6.07 Å². The smallest absolute Gasteiger partial charge is 0.492 e. The Hall–Kier alpha value is -1.04. The lowest BCUT2D eigenvalue weighted by Crippen LogP contribution is -2.31. The van der Waals surface area contributed by atoms with Crippen LogP contribution in [-0.4, -0.2) is 30.9 Å². The molecule has 1 aliphatic carbocycles. The molecule has 0 atom stereocenters. The second kappa shape index (κ2) is 5.53. The SMILES string of the molecule is COc1ccc(COCC2CC2)cc1B(O)O. The van der Waals surface area contributed by atoms with Gasteiger partial charge in [0.05, 0.1) is 13.7 Å². The topological polar surface area (TPSA) is 58.9 Å². The molecule has 92 valence electrons. The Kier molecular flexibility index (Phi) is 4.04. The van der Waals surface area contributed by atoms with Gasteiger partial charge in [0.1, 0.15) is 5.75 Å². The summed E-state index contributed by atoms with van der Waals surface area (Å²) < 4.78 is 10.6. The van der Waals surface area contributed by atoms with Gasteiger partial charge in [0, 0.05) is 12.1 Å². The highest BCUT2D eigenvalue weighted by Gasteiger charge is 2.21. The Bertz CT molecular complexity index is 377. The molecule has 0 radical (unpaired) electrons. The lowest BCUT2D eigenvalue weighted by molar-refractivity contribution is 0.111. The van der Waals surface area contributed by atoms with Crippen LogP contribution in [0.15, 0.2) is 18.2 Å². The van der Waals surface area contributed by atoms with Crippen molar-refractivity contribution in [3.05, 3.63) is 23.8 Å². The maximum Gasteiger partial charge on any atom is 0.492 e. The minimum Gasteiger partial charge on any atom is -0.497 e. The molecule has 0 amide bonds. The largest absolute Gasteiger partial charge is 0.497 e. The Balaban J connectivity index is 1.98. The molecule has 0 spiro atoms. The van der Waals surface area contributed by atoms with Gasteiger partial charge in [-0.1, -0.05) is 12.1 Å².